The average Bonchev–Trinajstić information content (AvgIpc) is 2.37. The van der Waals surface area contributed by atoms with Crippen LogP contribution in [0.25, 0.3) is 0 Å². The van der Waals surface area contributed by atoms with Crippen LogP contribution >= 0.6 is 15.9 Å². The summed E-state index contributed by atoms with van der Waals surface area (Å²) in [6.45, 7) is 2.87. The zero-order chi connectivity index (χ0) is 14.0. The fraction of sp³-hybridized carbons (Fsp3) is 0.429. The lowest BCUT2D eigenvalue weighted by Crippen LogP contribution is -2.42. The summed E-state index contributed by atoms with van der Waals surface area (Å²) in [4.78, 5) is 25.0. The molecule has 0 saturated carbocycles. The Morgan fingerprint density at radius 2 is 2.11 bits per heavy atom. The van der Waals surface area contributed by atoms with Gasteiger partial charge in [0.05, 0.1) is 5.92 Å². The van der Waals surface area contributed by atoms with Gasteiger partial charge in [-0.2, -0.15) is 0 Å². The van der Waals surface area contributed by atoms with Crippen LogP contribution in [0.2, 0.25) is 0 Å². The van der Waals surface area contributed by atoms with Gasteiger partial charge in [-0.15, -0.1) is 0 Å². The van der Waals surface area contributed by atoms with Crippen LogP contribution in [0.4, 0.5) is 0 Å². The molecule has 1 aromatic carbocycles. The van der Waals surface area contributed by atoms with Gasteiger partial charge in [0.2, 0.25) is 0 Å². The number of carboxylic acids is 1. The minimum Gasteiger partial charge on any atom is -0.481 e. The van der Waals surface area contributed by atoms with Crippen LogP contribution in [0, 0.1) is 12.8 Å². The largest absolute Gasteiger partial charge is 0.481 e. The van der Waals surface area contributed by atoms with Gasteiger partial charge in [0.25, 0.3) is 5.91 Å². The van der Waals surface area contributed by atoms with Crippen molar-refractivity contribution in [3.05, 3.63) is 33.8 Å². The number of nitrogens with zero attached hydrogens (tertiary/aromatic N) is 1. The molecule has 0 aromatic heterocycles. The molecule has 1 fully saturated rings. The lowest BCUT2D eigenvalue weighted by Gasteiger charge is -2.30. The molecule has 1 aliphatic rings. The summed E-state index contributed by atoms with van der Waals surface area (Å²) in [5, 5.41) is 9.05. The second-order valence-corrected chi connectivity index (χ2v) is 5.86. The number of rotatable bonds is 2. The van der Waals surface area contributed by atoms with Crippen molar-refractivity contribution in [3.8, 4) is 0 Å². The van der Waals surface area contributed by atoms with Gasteiger partial charge in [0.1, 0.15) is 0 Å². The van der Waals surface area contributed by atoms with E-state index in [1.54, 1.807) is 11.0 Å². The van der Waals surface area contributed by atoms with Crippen LogP contribution < -0.4 is 0 Å². The summed E-state index contributed by atoms with van der Waals surface area (Å²) in [6, 6.07) is 5.55. The van der Waals surface area contributed by atoms with Crippen molar-refractivity contribution >= 4 is 27.8 Å². The fourth-order valence-corrected chi connectivity index (χ4v) is 3.01. The van der Waals surface area contributed by atoms with Crippen LogP contribution in [0.1, 0.15) is 28.8 Å². The van der Waals surface area contributed by atoms with E-state index >= 15 is 0 Å². The highest BCUT2D eigenvalue weighted by Gasteiger charge is 2.28. The number of hydrogen-bond donors (Lipinski definition) is 1. The molecule has 0 aliphatic carbocycles. The number of piperidine rings is 1. The summed E-state index contributed by atoms with van der Waals surface area (Å²) >= 11 is 3.38. The molecule has 1 aromatic rings. The summed E-state index contributed by atoms with van der Waals surface area (Å²) in [5.74, 6) is -1.34. The molecule has 2 rings (SSSR count). The Balaban J connectivity index is 2.16. The highest BCUT2D eigenvalue weighted by atomic mass is 79.9. The van der Waals surface area contributed by atoms with E-state index in [0.717, 1.165) is 16.5 Å². The fourth-order valence-electron chi connectivity index (χ4n) is 2.41. The van der Waals surface area contributed by atoms with Crippen molar-refractivity contribution in [2.24, 2.45) is 5.92 Å². The normalized spacial score (nSPS) is 19.3. The molecule has 1 heterocycles. The van der Waals surface area contributed by atoms with Gasteiger partial charge in [0.15, 0.2) is 0 Å². The smallest absolute Gasteiger partial charge is 0.308 e. The molecule has 1 unspecified atom stereocenters. The number of hydrogen-bond acceptors (Lipinski definition) is 2. The van der Waals surface area contributed by atoms with Crippen LogP contribution in [0.15, 0.2) is 22.7 Å². The van der Waals surface area contributed by atoms with Gasteiger partial charge in [-0.3, -0.25) is 9.59 Å². The molecule has 5 heteroatoms. The molecule has 1 aliphatic heterocycles. The SMILES string of the molecule is Cc1cc(Br)cc(C(=O)N2CCCC(C(=O)O)C2)c1. The summed E-state index contributed by atoms with van der Waals surface area (Å²) < 4.78 is 0.864. The van der Waals surface area contributed by atoms with Crippen LogP contribution in [-0.4, -0.2) is 35.0 Å². The quantitative estimate of drug-likeness (QED) is 0.909. The number of carbonyl (C=O) groups excluding carboxylic acids is 1. The molecule has 102 valence electrons. The van der Waals surface area contributed by atoms with E-state index in [1.807, 2.05) is 19.1 Å². The van der Waals surface area contributed by atoms with E-state index in [1.165, 1.54) is 0 Å². The number of aliphatic carboxylic acids is 1. The van der Waals surface area contributed by atoms with E-state index in [0.29, 0.717) is 25.1 Å². The zero-order valence-corrected chi connectivity index (χ0v) is 12.3. The molecule has 1 amide bonds. The number of benzene rings is 1. The van der Waals surface area contributed by atoms with Crippen molar-refractivity contribution in [2.75, 3.05) is 13.1 Å². The van der Waals surface area contributed by atoms with Crippen molar-refractivity contribution in [1.82, 2.24) is 4.90 Å². The molecule has 1 N–H and O–H groups in total. The highest BCUT2D eigenvalue weighted by Crippen LogP contribution is 2.21. The third-order valence-electron chi connectivity index (χ3n) is 3.35. The zero-order valence-electron chi connectivity index (χ0n) is 10.7. The number of amides is 1. The average molecular weight is 326 g/mol. The molecule has 19 heavy (non-hydrogen) atoms. The van der Waals surface area contributed by atoms with Gasteiger partial charge >= 0.3 is 5.97 Å². The van der Waals surface area contributed by atoms with Crippen molar-refractivity contribution < 1.29 is 14.7 Å². The molecule has 4 nitrogen and oxygen atoms in total. The monoisotopic (exact) mass is 325 g/mol. The molecule has 0 spiro atoms. The Morgan fingerprint density at radius 3 is 2.74 bits per heavy atom. The third-order valence-corrected chi connectivity index (χ3v) is 3.80. The molecule has 0 radical (unpaired) electrons. The maximum Gasteiger partial charge on any atom is 0.308 e. The first-order valence-electron chi connectivity index (χ1n) is 6.26. The van der Waals surface area contributed by atoms with Gasteiger partial charge in [-0.25, -0.2) is 0 Å². The van der Waals surface area contributed by atoms with Gasteiger partial charge in [0, 0.05) is 23.1 Å². The topological polar surface area (TPSA) is 57.6 Å². The molecule has 1 saturated heterocycles. The first-order valence-corrected chi connectivity index (χ1v) is 7.06. The lowest BCUT2D eigenvalue weighted by molar-refractivity contribution is -0.143. The number of carbonyl (C=O) groups is 2. The Bertz CT molecular complexity index is 495. The van der Waals surface area contributed by atoms with Crippen molar-refractivity contribution in [3.63, 3.8) is 0 Å². The van der Waals surface area contributed by atoms with E-state index < -0.39 is 11.9 Å². The third kappa shape index (κ3) is 3.35. The number of likely N-dealkylation sites (tertiary alicyclic amines) is 1. The minimum atomic E-state index is -0.817. The molecule has 1 atom stereocenters. The standard InChI is InChI=1S/C14H16BrNO3/c1-9-5-11(7-12(15)6-9)13(17)16-4-2-3-10(8-16)14(18)19/h5-7,10H,2-4,8H2,1H3,(H,18,19). The Kier molecular flexibility index (Phi) is 4.24. The molecule has 0 bridgehead atoms. The Hall–Kier alpha value is -1.36. The predicted molar refractivity (Wildman–Crippen MR) is 75.1 cm³/mol. The van der Waals surface area contributed by atoms with E-state index in [2.05, 4.69) is 15.9 Å². The van der Waals surface area contributed by atoms with Gasteiger partial charge in [-0.1, -0.05) is 15.9 Å². The first-order chi connectivity index (χ1) is 8.97. The summed E-state index contributed by atoms with van der Waals surface area (Å²) in [7, 11) is 0. The minimum absolute atomic E-state index is 0.0876. The van der Waals surface area contributed by atoms with E-state index in [4.69, 9.17) is 5.11 Å². The summed E-state index contributed by atoms with van der Waals surface area (Å²) in [5.41, 5.74) is 1.61. The first kappa shape index (κ1) is 14.1. The maximum absolute atomic E-state index is 12.4. The number of aryl methyl sites for hydroxylation is 1. The molecular weight excluding hydrogens is 310 g/mol. The Morgan fingerprint density at radius 1 is 1.37 bits per heavy atom. The predicted octanol–water partition coefficient (Wildman–Crippen LogP) is 2.69. The second-order valence-electron chi connectivity index (χ2n) is 4.95. The number of halogens is 1. The Labute approximate surface area is 120 Å². The van der Waals surface area contributed by atoms with Gasteiger partial charge < -0.3 is 10.0 Å². The van der Waals surface area contributed by atoms with Crippen molar-refractivity contribution in [1.29, 1.82) is 0 Å². The molecular formula is C14H16BrNO3. The second kappa shape index (κ2) is 5.74. The van der Waals surface area contributed by atoms with E-state index in [9.17, 15) is 9.59 Å². The summed E-state index contributed by atoms with van der Waals surface area (Å²) in [6.07, 6.45) is 1.40. The van der Waals surface area contributed by atoms with Crippen molar-refractivity contribution in [2.45, 2.75) is 19.8 Å². The van der Waals surface area contributed by atoms with Crippen LogP contribution in [-0.2, 0) is 4.79 Å². The van der Waals surface area contributed by atoms with Crippen LogP contribution in [0.3, 0.4) is 0 Å². The van der Waals surface area contributed by atoms with Crippen LogP contribution in [0.5, 0.6) is 0 Å². The van der Waals surface area contributed by atoms with Gasteiger partial charge in [-0.05, 0) is 43.5 Å². The highest BCUT2D eigenvalue weighted by molar-refractivity contribution is 9.10. The lowest BCUT2D eigenvalue weighted by atomic mass is 9.97. The van der Waals surface area contributed by atoms with E-state index in [-0.39, 0.29) is 5.91 Å². The number of carboxylic acid groups (broad SMARTS) is 1. The maximum atomic E-state index is 12.4.